The van der Waals surface area contributed by atoms with Crippen LogP contribution in [0.25, 0.3) is 5.57 Å². The van der Waals surface area contributed by atoms with Crippen molar-refractivity contribution in [1.82, 2.24) is 0 Å². The van der Waals surface area contributed by atoms with Crippen molar-refractivity contribution in [2.24, 2.45) is 5.73 Å². The van der Waals surface area contributed by atoms with E-state index >= 15 is 0 Å². The number of hydrogen-bond donors (Lipinski definition) is 1. The van der Waals surface area contributed by atoms with E-state index in [-0.39, 0.29) is 11.3 Å². The fourth-order valence-electron chi connectivity index (χ4n) is 3.32. The summed E-state index contributed by atoms with van der Waals surface area (Å²) in [6.45, 7) is 0. The zero-order valence-electron chi connectivity index (χ0n) is 15.4. The van der Waals surface area contributed by atoms with Gasteiger partial charge in [0.2, 0.25) is 0 Å². The smallest absolute Gasteiger partial charge is 0.340 e. The Morgan fingerprint density at radius 1 is 0.655 bits per heavy atom. The summed E-state index contributed by atoms with van der Waals surface area (Å²) in [4.78, 5) is 41.5. The van der Waals surface area contributed by atoms with Crippen LogP contribution in [0.4, 0.5) is 16.2 Å². The fraction of sp³-hybridized carbons (Fsp3) is 0. The number of primary amides is 1. The number of anilines is 2. The van der Waals surface area contributed by atoms with Gasteiger partial charge in [-0.15, -0.1) is 0 Å². The van der Waals surface area contributed by atoms with Crippen LogP contribution in [0.3, 0.4) is 0 Å². The number of nitrogens with zero attached hydrogens (tertiary/aromatic N) is 2. The van der Waals surface area contributed by atoms with Crippen LogP contribution in [-0.4, -0.2) is 17.8 Å². The van der Waals surface area contributed by atoms with E-state index in [1.54, 1.807) is 91.0 Å². The first kappa shape index (κ1) is 18.2. The number of rotatable bonds is 4. The highest BCUT2D eigenvalue weighted by Crippen LogP contribution is 2.35. The lowest BCUT2D eigenvalue weighted by atomic mass is 10.0. The third-order valence-electron chi connectivity index (χ3n) is 4.59. The van der Waals surface area contributed by atoms with Crippen molar-refractivity contribution in [1.29, 1.82) is 0 Å². The molecule has 2 N–H and O–H groups in total. The first-order valence-corrected chi connectivity index (χ1v) is 8.97. The molecule has 3 aromatic rings. The second kappa shape index (κ2) is 7.44. The van der Waals surface area contributed by atoms with Crippen LogP contribution in [-0.2, 0) is 9.59 Å². The Labute approximate surface area is 167 Å². The fourth-order valence-corrected chi connectivity index (χ4v) is 3.32. The van der Waals surface area contributed by atoms with Crippen LogP contribution in [0.5, 0.6) is 0 Å². The third-order valence-corrected chi connectivity index (χ3v) is 4.59. The highest BCUT2D eigenvalue weighted by molar-refractivity contribution is 6.40. The minimum Gasteiger partial charge on any atom is -0.366 e. The largest absolute Gasteiger partial charge is 0.366 e. The summed E-state index contributed by atoms with van der Waals surface area (Å²) in [5.41, 5.74) is 6.94. The van der Waals surface area contributed by atoms with Gasteiger partial charge in [0.15, 0.2) is 0 Å². The standard InChI is InChI=1S/C23H17N3O3/c24-21(27)19(16-10-4-1-5-11-16)20-22(28)26(18-14-8-3-9-15-18)23(29)25(20)17-12-6-2-7-13-17/h1-15H,(H2,24,27)/b20-19-. The molecular weight excluding hydrogens is 366 g/mol. The minimum atomic E-state index is -0.789. The molecule has 0 unspecified atom stereocenters. The second-order valence-electron chi connectivity index (χ2n) is 6.38. The van der Waals surface area contributed by atoms with E-state index in [4.69, 9.17) is 5.73 Å². The summed E-state index contributed by atoms with van der Waals surface area (Å²) < 4.78 is 0. The van der Waals surface area contributed by atoms with Crippen molar-refractivity contribution in [3.63, 3.8) is 0 Å². The van der Waals surface area contributed by atoms with E-state index in [9.17, 15) is 14.4 Å². The van der Waals surface area contributed by atoms with E-state index in [0.29, 0.717) is 16.9 Å². The molecule has 6 heteroatoms. The molecule has 0 spiro atoms. The van der Waals surface area contributed by atoms with Crippen LogP contribution in [0, 0.1) is 0 Å². The van der Waals surface area contributed by atoms with Crippen molar-refractivity contribution in [3.8, 4) is 0 Å². The third kappa shape index (κ3) is 3.17. The maximum Gasteiger partial charge on any atom is 0.340 e. The Morgan fingerprint density at radius 3 is 1.59 bits per heavy atom. The van der Waals surface area contributed by atoms with Gasteiger partial charge in [-0.05, 0) is 29.8 Å². The predicted molar refractivity (Wildman–Crippen MR) is 111 cm³/mol. The van der Waals surface area contributed by atoms with Crippen LogP contribution in [0.15, 0.2) is 96.7 Å². The van der Waals surface area contributed by atoms with Crippen molar-refractivity contribution < 1.29 is 14.4 Å². The number of nitrogens with two attached hydrogens (primary N) is 1. The van der Waals surface area contributed by atoms with E-state index in [1.807, 2.05) is 0 Å². The zero-order chi connectivity index (χ0) is 20.4. The molecule has 0 aromatic heterocycles. The average Bonchev–Trinajstić information content (AvgIpc) is 3.00. The highest BCUT2D eigenvalue weighted by atomic mass is 16.2. The number of carbonyl (C=O) groups excluding carboxylic acids is 3. The monoisotopic (exact) mass is 383 g/mol. The van der Waals surface area contributed by atoms with E-state index in [0.717, 1.165) is 4.90 Å². The molecule has 6 nitrogen and oxygen atoms in total. The Balaban J connectivity index is 1.99. The van der Waals surface area contributed by atoms with Crippen molar-refractivity contribution in [3.05, 3.63) is 102 Å². The second-order valence-corrected chi connectivity index (χ2v) is 6.38. The van der Waals surface area contributed by atoms with Gasteiger partial charge in [0.05, 0.1) is 16.9 Å². The van der Waals surface area contributed by atoms with Gasteiger partial charge in [-0.25, -0.2) is 9.69 Å². The molecule has 1 heterocycles. The van der Waals surface area contributed by atoms with Crippen LogP contribution in [0.1, 0.15) is 5.56 Å². The zero-order valence-corrected chi connectivity index (χ0v) is 15.4. The van der Waals surface area contributed by atoms with E-state index in [2.05, 4.69) is 0 Å². The number of urea groups is 1. The molecule has 0 bridgehead atoms. The van der Waals surface area contributed by atoms with Crippen LogP contribution >= 0.6 is 0 Å². The number of amides is 4. The van der Waals surface area contributed by atoms with Crippen molar-refractivity contribution in [2.45, 2.75) is 0 Å². The highest BCUT2D eigenvalue weighted by Gasteiger charge is 2.45. The molecule has 29 heavy (non-hydrogen) atoms. The first-order valence-electron chi connectivity index (χ1n) is 8.97. The Hall–Kier alpha value is -4.19. The molecule has 0 aliphatic carbocycles. The molecule has 0 atom stereocenters. The molecule has 1 saturated heterocycles. The molecule has 4 amide bonds. The maximum atomic E-state index is 13.4. The number of para-hydroxylation sites is 2. The Morgan fingerprint density at radius 2 is 1.10 bits per heavy atom. The van der Waals surface area contributed by atoms with Gasteiger partial charge in [0, 0.05) is 0 Å². The number of benzene rings is 3. The lowest BCUT2D eigenvalue weighted by molar-refractivity contribution is -0.115. The van der Waals surface area contributed by atoms with Gasteiger partial charge in [0.1, 0.15) is 5.70 Å². The maximum absolute atomic E-state index is 13.4. The minimum absolute atomic E-state index is 0.00812. The molecule has 142 valence electrons. The number of carbonyl (C=O) groups is 3. The van der Waals surface area contributed by atoms with Gasteiger partial charge in [0.25, 0.3) is 11.8 Å². The quantitative estimate of drug-likeness (QED) is 0.552. The lowest BCUT2D eigenvalue weighted by Gasteiger charge is -2.18. The van der Waals surface area contributed by atoms with Gasteiger partial charge >= 0.3 is 6.03 Å². The SMILES string of the molecule is NC(=O)/C(=C1/C(=O)N(c2ccccc2)C(=O)N1c1ccccc1)c1ccccc1. The van der Waals surface area contributed by atoms with Gasteiger partial charge in [-0.2, -0.15) is 0 Å². The summed E-state index contributed by atoms with van der Waals surface area (Å²) in [5.74, 6) is -1.40. The van der Waals surface area contributed by atoms with Crippen molar-refractivity contribution >= 4 is 34.8 Å². The lowest BCUT2D eigenvalue weighted by Crippen LogP contribution is -2.32. The Kier molecular flexibility index (Phi) is 4.66. The summed E-state index contributed by atoms with van der Waals surface area (Å²) in [7, 11) is 0. The van der Waals surface area contributed by atoms with E-state index < -0.39 is 17.8 Å². The molecule has 1 aliphatic heterocycles. The Bertz CT molecular complexity index is 1110. The summed E-state index contributed by atoms with van der Waals surface area (Å²) in [5, 5.41) is 0. The summed E-state index contributed by atoms with van der Waals surface area (Å²) in [6.07, 6.45) is 0. The molecule has 0 saturated carbocycles. The number of hydrogen-bond acceptors (Lipinski definition) is 3. The molecule has 1 fully saturated rings. The van der Waals surface area contributed by atoms with Gasteiger partial charge in [-0.3, -0.25) is 14.5 Å². The molecule has 0 radical (unpaired) electrons. The van der Waals surface area contributed by atoms with Crippen LogP contribution < -0.4 is 15.5 Å². The topological polar surface area (TPSA) is 83.7 Å². The van der Waals surface area contributed by atoms with Gasteiger partial charge < -0.3 is 5.73 Å². The average molecular weight is 383 g/mol. The molecule has 3 aromatic carbocycles. The first-order chi connectivity index (χ1) is 14.1. The van der Waals surface area contributed by atoms with E-state index in [1.165, 1.54) is 4.90 Å². The molecular formula is C23H17N3O3. The predicted octanol–water partition coefficient (Wildman–Crippen LogP) is 3.56. The summed E-state index contributed by atoms with van der Waals surface area (Å²) >= 11 is 0. The van der Waals surface area contributed by atoms with Gasteiger partial charge in [-0.1, -0.05) is 66.7 Å². The molecule has 4 rings (SSSR count). The van der Waals surface area contributed by atoms with Crippen LogP contribution in [0.2, 0.25) is 0 Å². The molecule has 1 aliphatic rings. The normalized spacial score (nSPS) is 15.6. The van der Waals surface area contributed by atoms with Crippen molar-refractivity contribution in [2.75, 3.05) is 9.80 Å². The summed E-state index contributed by atoms with van der Waals surface area (Å²) in [6, 6.07) is 25.3. The number of imide groups is 1.